The van der Waals surface area contributed by atoms with Crippen LogP contribution in [0, 0.1) is 5.92 Å². The van der Waals surface area contributed by atoms with Crippen molar-refractivity contribution in [2.24, 2.45) is 5.92 Å². The van der Waals surface area contributed by atoms with Gasteiger partial charge in [-0.1, -0.05) is 36.4 Å². The Labute approximate surface area is 116 Å². The zero-order valence-electron chi connectivity index (χ0n) is 11.2. The van der Waals surface area contributed by atoms with Crippen LogP contribution in [0.1, 0.15) is 12.8 Å². The Bertz CT molecular complexity index is 810. The molecular weight excluding hydrogens is 248 g/mol. The topological polar surface area (TPSA) is 37.8 Å². The smallest absolute Gasteiger partial charge is 0.306 e. The van der Waals surface area contributed by atoms with Gasteiger partial charge in [0.15, 0.2) is 0 Å². The van der Waals surface area contributed by atoms with Gasteiger partial charge in [0, 0.05) is 6.54 Å². The lowest BCUT2D eigenvalue weighted by Gasteiger charge is -2.04. The molecule has 4 rings (SSSR count). The first-order valence-corrected chi connectivity index (χ1v) is 7.09. The molecule has 1 heterocycles. The summed E-state index contributed by atoms with van der Waals surface area (Å²) in [4.78, 5) is 15.0. The minimum absolute atomic E-state index is 0.0112. The van der Waals surface area contributed by atoms with Gasteiger partial charge in [-0.25, -0.2) is 4.79 Å². The van der Waals surface area contributed by atoms with Crippen LogP contribution in [-0.2, 0) is 6.54 Å². The van der Waals surface area contributed by atoms with E-state index in [1.807, 2.05) is 22.8 Å². The van der Waals surface area contributed by atoms with E-state index in [9.17, 15) is 4.79 Å². The van der Waals surface area contributed by atoms with Gasteiger partial charge in [0.2, 0.25) is 0 Å². The van der Waals surface area contributed by atoms with E-state index in [0.717, 1.165) is 23.1 Å². The molecule has 0 bridgehead atoms. The Hall–Kier alpha value is -2.29. The van der Waals surface area contributed by atoms with Gasteiger partial charge in [-0.2, -0.15) is 0 Å². The highest BCUT2D eigenvalue weighted by Crippen LogP contribution is 2.31. The highest BCUT2D eigenvalue weighted by molar-refractivity contribution is 5.82. The lowest BCUT2D eigenvalue weighted by molar-refractivity contribution is 0.624. The lowest BCUT2D eigenvalue weighted by Crippen LogP contribution is -2.17. The fourth-order valence-corrected chi connectivity index (χ4v) is 2.71. The van der Waals surface area contributed by atoms with Crippen molar-refractivity contribution in [1.82, 2.24) is 9.55 Å². The first kappa shape index (κ1) is 11.5. The molecule has 2 aromatic carbocycles. The first-order valence-electron chi connectivity index (χ1n) is 7.09. The third-order valence-corrected chi connectivity index (χ3v) is 4.02. The van der Waals surface area contributed by atoms with Crippen LogP contribution in [0.3, 0.4) is 0 Å². The number of imidazole rings is 1. The van der Waals surface area contributed by atoms with Crippen molar-refractivity contribution >= 4 is 11.0 Å². The number of aromatic amines is 1. The van der Waals surface area contributed by atoms with Crippen LogP contribution in [0.25, 0.3) is 22.2 Å². The molecule has 1 saturated carbocycles. The van der Waals surface area contributed by atoms with Crippen LogP contribution >= 0.6 is 0 Å². The van der Waals surface area contributed by atoms with Crippen molar-refractivity contribution in [3.8, 4) is 11.1 Å². The maximum Gasteiger partial charge on any atom is 0.326 e. The minimum atomic E-state index is 0.0112. The quantitative estimate of drug-likeness (QED) is 0.773. The second-order valence-corrected chi connectivity index (χ2v) is 5.58. The van der Waals surface area contributed by atoms with Crippen molar-refractivity contribution in [3.63, 3.8) is 0 Å². The van der Waals surface area contributed by atoms with E-state index in [1.165, 1.54) is 18.4 Å². The minimum Gasteiger partial charge on any atom is -0.306 e. The molecule has 1 aliphatic rings. The largest absolute Gasteiger partial charge is 0.326 e. The molecule has 3 heteroatoms. The number of fused-ring (bicyclic) bond motifs is 1. The van der Waals surface area contributed by atoms with E-state index >= 15 is 0 Å². The Kier molecular flexibility index (Phi) is 2.52. The van der Waals surface area contributed by atoms with E-state index in [1.54, 1.807) is 0 Å². The van der Waals surface area contributed by atoms with Gasteiger partial charge in [0.1, 0.15) is 0 Å². The third-order valence-electron chi connectivity index (χ3n) is 4.02. The zero-order valence-corrected chi connectivity index (χ0v) is 11.2. The van der Waals surface area contributed by atoms with Crippen molar-refractivity contribution in [2.75, 3.05) is 0 Å². The molecule has 0 atom stereocenters. The van der Waals surface area contributed by atoms with Crippen molar-refractivity contribution in [2.45, 2.75) is 19.4 Å². The van der Waals surface area contributed by atoms with Crippen LogP contribution < -0.4 is 5.69 Å². The number of hydrogen-bond donors (Lipinski definition) is 1. The third kappa shape index (κ3) is 1.95. The summed E-state index contributed by atoms with van der Waals surface area (Å²) in [5.41, 5.74) is 4.26. The van der Waals surface area contributed by atoms with Crippen LogP contribution in [0.15, 0.2) is 53.3 Å². The average molecular weight is 264 g/mol. The predicted octanol–water partition coefficient (Wildman–Crippen LogP) is 3.41. The van der Waals surface area contributed by atoms with Gasteiger partial charge in [-0.15, -0.1) is 0 Å². The van der Waals surface area contributed by atoms with Crippen LogP contribution in [0.5, 0.6) is 0 Å². The molecule has 0 radical (unpaired) electrons. The molecule has 0 spiro atoms. The highest BCUT2D eigenvalue weighted by atomic mass is 16.1. The van der Waals surface area contributed by atoms with E-state index in [4.69, 9.17) is 0 Å². The molecule has 1 aromatic heterocycles. The van der Waals surface area contributed by atoms with Crippen LogP contribution in [0.2, 0.25) is 0 Å². The predicted molar refractivity (Wildman–Crippen MR) is 80.7 cm³/mol. The van der Waals surface area contributed by atoms with Gasteiger partial charge in [-0.3, -0.25) is 4.57 Å². The summed E-state index contributed by atoms with van der Waals surface area (Å²) in [6.07, 6.45) is 2.50. The van der Waals surface area contributed by atoms with Gasteiger partial charge in [0.25, 0.3) is 0 Å². The number of hydrogen-bond acceptors (Lipinski definition) is 1. The average Bonchev–Trinajstić information content (AvgIpc) is 3.24. The Morgan fingerprint density at radius 3 is 2.60 bits per heavy atom. The molecule has 1 N–H and O–H groups in total. The second kappa shape index (κ2) is 4.37. The van der Waals surface area contributed by atoms with Gasteiger partial charge in [-0.05, 0) is 42.0 Å². The van der Waals surface area contributed by atoms with Gasteiger partial charge < -0.3 is 4.98 Å². The van der Waals surface area contributed by atoms with E-state index < -0.39 is 0 Å². The summed E-state index contributed by atoms with van der Waals surface area (Å²) in [5.74, 6) is 0.695. The van der Waals surface area contributed by atoms with Crippen molar-refractivity contribution in [1.29, 1.82) is 0 Å². The molecular formula is C17H16N2O. The number of aromatic nitrogens is 2. The Balaban J connectivity index is 1.82. The number of nitrogens with zero attached hydrogens (tertiary/aromatic N) is 1. The summed E-state index contributed by atoms with van der Waals surface area (Å²) in [5, 5.41) is 0. The number of H-pyrrole nitrogens is 1. The summed E-state index contributed by atoms with van der Waals surface area (Å²) >= 11 is 0. The van der Waals surface area contributed by atoms with E-state index in [-0.39, 0.29) is 5.69 Å². The molecule has 0 unspecified atom stereocenters. The Morgan fingerprint density at radius 1 is 1.05 bits per heavy atom. The van der Waals surface area contributed by atoms with E-state index in [0.29, 0.717) is 5.92 Å². The molecule has 3 aromatic rings. The number of benzene rings is 2. The van der Waals surface area contributed by atoms with Gasteiger partial charge >= 0.3 is 5.69 Å². The lowest BCUT2D eigenvalue weighted by atomic mass is 10.1. The first-order chi connectivity index (χ1) is 9.81. The molecule has 0 aliphatic heterocycles. The monoisotopic (exact) mass is 264 g/mol. The fraction of sp³-hybridized carbons (Fsp3) is 0.235. The number of rotatable bonds is 3. The number of nitrogens with one attached hydrogen (secondary N) is 1. The molecule has 100 valence electrons. The maximum absolute atomic E-state index is 12.1. The second-order valence-electron chi connectivity index (χ2n) is 5.58. The van der Waals surface area contributed by atoms with Gasteiger partial charge in [0.05, 0.1) is 11.0 Å². The van der Waals surface area contributed by atoms with Crippen molar-refractivity contribution in [3.05, 3.63) is 59.0 Å². The molecule has 20 heavy (non-hydrogen) atoms. The summed E-state index contributed by atoms with van der Waals surface area (Å²) in [6.45, 7) is 0.851. The van der Waals surface area contributed by atoms with Crippen LogP contribution in [-0.4, -0.2) is 9.55 Å². The Morgan fingerprint density at radius 2 is 1.85 bits per heavy atom. The van der Waals surface area contributed by atoms with E-state index in [2.05, 4.69) is 35.3 Å². The summed E-state index contributed by atoms with van der Waals surface area (Å²) < 4.78 is 1.88. The normalized spacial score (nSPS) is 14.8. The molecule has 1 aliphatic carbocycles. The fourth-order valence-electron chi connectivity index (χ4n) is 2.71. The molecule has 3 nitrogen and oxygen atoms in total. The maximum atomic E-state index is 12.1. The highest BCUT2D eigenvalue weighted by Gasteiger charge is 2.23. The van der Waals surface area contributed by atoms with Crippen LogP contribution in [0.4, 0.5) is 0 Å². The summed E-state index contributed by atoms with van der Waals surface area (Å²) in [6, 6.07) is 16.4. The molecule has 0 amide bonds. The van der Waals surface area contributed by atoms with Crippen molar-refractivity contribution < 1.29 is 0 Å². The molecule has 0 saturated heterocycles. The summed E-state index contributed by atoms with van der Waals surface area (Å²) in [7, 11) is 0. The SMILES string of the molecule is O=c1[nH]c2cc(-c3ccccc3)ccc2n1CC1CC1. The standard InChI is InChI=1S/C17H16N2O/c20-17-18-15-10-14(13-4-2-1-3-5-13)8-9-16(15)19(17)11-12-6-7-12/h1-5,8-10,12H,6-7,11H2,(H,18,20). The molecule has 1 fully saturated rings. The zero-order chi connectivity index (χ0) is 13.5.